The number of carbonyl (C=O) groups is 1. The van der Waals surface area contributed by atoms with Crippen LogP contribution in [-0.2, 0) is 16.0 Å². The molecule has 0 aromatic heterocycles. The van der Waals surface area contributed by atoms with E-state index in [1.165, 1.54) is 5.56 Å². The van der Waals surface area contributed by atoms with Crippen LogP contribution in [0.1, 0.15) is 12.5 Å². The quantitative estimate of drug-likeness (QED) is 0.830. The van der Waals surface area contributed by atoms with Gasteiger partial charge < -0.3 is 14.8 Å². The summed E-state index contributed by atoms with van der Waals surface area (Å²) in [4.78, 5) is 10.9. The van der Waals surface area contributed by atoms with Crippen molar-refractivity contribution in [2.75, 3.05) is 13.2 Å². The van der Waals surface area contributed by atoms with Crippen LogP contribution in [0.15, 0.2) is 42.6 Å². The van der Waals surface area contributed by atoms with E-state index in [9.17, 15) is 4.79 Å². The van der Waals surface area contributed by atoms with Gasteiger partial charge in [-0.15, -0.1) is 0 Å². The highest BCUT2D eigenvalue weighted by molar-refractivity contribution is 5.60. The molecule has 1 heterocycles. The molecule has 1 aliphatic rings. The van der Waals surface area contributed by atoms with Crippen molar-refractivity contribution in [3.63, 3.8) is 0 Å². The van der Waals surface area contributed by atoms with Gasteiger partial charge in [-0.3, -0.25) is 0 Å². The Labute approximate surface area is 107 Å². The summed E-state index contributed by atoms with van der Waals surface area (Å²) >= 11 is 0. The Morgan fingerprint density at radius 3 is 2.56 bits per heavy atom. The average molecular weight is 247 g/mol. The first-order valence-corrected chi connectivity index (χ1v) is 5.87. The van der Waals surface area contributed by atoms with Crippen molar-refractivity contribution < 1.29 is 14.3 Å². The lowest BCUT2D eigenvalue weighted by Crippen LogP contribution is -2.42. The van der Waals surface area contributed by atoms with Gasteiger partial charge in [0.2, 0.25) is 0 Å². The second-order valence-corrected chi connectivity index (χ2v) is 4.71. The predicted octanol–water partition coefficient (Wildman–Crippen LogP) is 2.46. The van der Waals surface area contributed by atoms with Crippen LogP contribution in [-0.4, -0.2) is 19.4 Å². The van der Waals surface area contributed by atoms with E-state index in [0.717, 1.165) is 5.70 Å². The van der Waals surface area contributed by atoms with E-state index in [1.807, 2.05) is 37.3 Å². The van der Waals surface area contributed by atoms with Gasteiger partial charge in [-0.2, -0.15) is 0 Å². The first-order valence-electron chi connectivity index (χ1n) is 5.87. The molecule has 0 saturated carbocycles. The number of cyclic esters (lactones) is 2. The largest absolute Gasteiger partial charge is 0.508 e. The van der Waals surface area contributed by atoms with Gasteiger partial charge >= 0.3 is 6.16 Å². The van der Waals surface area contributed by atoms with Crippen molar-refractivity contribution in [1.29, 1.82) is 0 Å². The van der Waals surface area contributed by atoms with Crippen LogP contribution in [0.2, 0.25) is 0 Å². The van der Waals surface area contributed by atoms with E-state index in [-0.39, 0.29) is 5.41 Å². The number of hydrogen-bond donors (Lipinski definition) is 1. The fourth-order valence-corrected chi connectivity index (χ4v) is 1.71. The fourth-order valence-electron chi connectivity index (χ4n) is 1.71. The number of nitrogens with one attached hydrogen (secondary N) is 1. The average Bonchev–Trinajstić information content (AvgIpc) is 2.41. The minimum atomic E-state index is -0.608. The Kier molecular flexibility index (Phi) is 3.55. The fraction of sp³-hybridized carbons (Fsp3) is 0.357. The normalized spacial score (nSPS) is 17.5. The first-order chi connectivity index (χ1) is 8.60. The molecule has 0 amide bonds. The van der Waals surface area contributed by atoms with Crippen LogP contribution in [0.3, 0.4) is 0 Å². The van der Waals surface area contributed by atoms with Crippen LogP contribution in [0.4, 0.5) is 4.79 Å². The van der Waals surface area contributed by atoms with E-state index < -0.39 is 6.16 Å². The Bertz CT molecular complexity index is 432. The third kappa shape index (κ3) is 2.83. The van der Waals surface area contributed by atoms with Crippen molar-refractivity contribution in [2.45, 2.75) is 13.5 Å². The summed E-state index contributed by atoms with van der Waals surface area (Å²) in [6.07, 6.45) is -0.608. The van der Waals surface area contributed by atoms with Crippen LogP contribution in [0.25, 0.3) is 0 Å². The van der Waals surface area contributed by atoms with Gasteiger partial charge in [0.15, 0.2) is 0 Å². The van der Waals surface area contributed by atoms with Gasteiger partial charge in [-0.25, -0.2) is 4.79 Å². The van der Waals surface area contributed by atoms with Gasteiger partial charge in [0, 0.05) is 12.2 Å². The lowest BCUT2D eigenvalue weighted by atomic mass is 9.88. The molecule has 0 aliphatic carbocycles. The molecule has 18 heavy (non-hydrogen) atoms. The minimum Gasteiger partial charge on any atom is -0.433 e. The maximum absolute atomic E-state index is 10.9. The number of carbonyl (C=O) groups excluding carboxylic acids is 1. The van der Waals surface area contributed by atoms with E-state index in [2.05, 4.69) is 11.9 Å². The summed E-state index contributed by atoms with van der Waals surface area (Å²) in [6, 6.07) is 10.0. The van der Waals surface area contributed by atoms with Crippen molar-refractivity contribution >= 4 is 6.16 Å². The van der Waals surface area contributed by atoms with E-state index in [0.29, 0.717) is 19.8 Å². The van der Waals surface area contributed by atoms with Gasteiger partial charge in [-0.05, 0) is 12.5 Å². The van der Waals surface area contributed by atoms with Gasteiger partial charge in [-0.1, -0.05) is 36.9 Å². The SMILES string of the molecule is C=C(NCc1ccccc1)C1(C)COC(=O)OC1. The van der Waals surface area contributed by atoms with E-state index in [4.69, 9.17) is 9.47 Å². The maximum Gasteiger partial charge on any atom is 0.508 e. The highest BCUT2D eigenvalue weighted by Crippen LogP contribution is 2.28. The van der Waals surface area contributed by atoms with Crippen molar-refractivity contribution in [2.24, 2.45) is 5.41 Å². The number of hydrogen-bond acceptors (Lipinski definition) is 4. The molecule has 1 aromatic rings. The van der Waals surface area contributed by atoms with Crippen LogP contribution in [0.5, 0.6) is 0 Å². The third-order valence-electron chi connectivity index (χ3n) is 3.09. The zero-order valence-electron chi connectivity index (χ0n) is 10.4. The molecule has 0 spiro atoms. The van der Waals surface area contributed by atoms with Gasteiger partial charge in [0.1, 0.15) is 13.2 Å². The van der Waals surface area contributed by atoms with Crippen LogP contribution in [0, 0.1) is 5.41 Å². The summed E-state index contributed by atoms with van der Waals surface area (Å²) in [5.74, 6) is 0. The predicted molar refractivity (Wildman–Crippen MR) is 67.8 cm³/mol. The topological polar surface area (TPSA) is 47.6 Å². The van der Waals surface area contributed by atoms with E-state index >= 15 is 0 Å². The zero-order valence-corrected chi connectivity index (χ0v) is 10.4. The summed E-state index contributed by atoms with van der Waals surface area (Å²) in [5, 5.41) is 3.26. The van der Waals surface area contributed by atoms with Gasteiger partial charge in [0.25, 0.3) is 0 Å². The molecule has 4 heteroatoms. The van der Waals surface area contributed by atoms with Crippen LogP contribution >= 0.6 is 0 Å². The lowest BCUT2D eigenvalue weighted by molar-refractivity contribution is -0.0395. The molecule has 1 saturated heterocycles. The Morgan fingerprint density at radius 2 is 1.94 bits per heavy atom. The number of benzene rings is 1. The second kappa shape index (κ2) is 5.12. The Morgan fingerprint density at radius 1 is 1.33 bits per heavy atom. The standard InChI is InChI=1S/C14H17NO3/c1-11(14(2)9-17-13(16)18-10-14)15-8-12-6-4-3-5-7-12/h3-7,15H,1,8-10H2,2H3. The van der Waals surface area contributed by atoms with Gasteiger partial charge in [0.05, 0.1) is 5.41 Å². The highest BCUT2D eigenvalue weighted by atomic mass is 16.7. The zero-order chi connectivity index (χ0) is 13.0. The highest BCUT2D eigenvalue weighted by Gasteiger charge is 2.35. The first kappa shape index (κ1) is 12.5. The molecule has 0 unspecified atom stereocenters. The van der Waals surface area contributed by atoms with Crippen LogP contribution < -0.4 is 5.32 Å². The molecule has 1 N–H and O–H groups in total. The van der Waals surface area contributed by atoms with Crippen molar-refractivity contribution in [3.8, 4) is 0 Å². The smallest absolute Gasteiger partial charge is 0.433 e. The summed E-state index contributed by atoms with van der Waals surface area (Å²) in [7, 11) is 0. The molecule has 0 bridgehead atoms. The maximum atomic E-state index is 10.9. The summed E-state index contributed by atoms with van der Waals surface area (Å²) in [6.45, 7) is 7.26. The molecule has 2 rings (SSSR count). The molecule has 1 aromatic carbocycles. The lowest BCUT2D eigenvalue weighted by Gasteiger charge is -2.34. The molecular formula is C14H17NO3. The number of ether oxygens (including phenoxy) is 2. The minimum absolute atomic E-state index is 0.298. The third-order valence-corrected chi connectivity index (χ3v) is 3.09. The molecular weight excluding hydrogens is 230 g/mol. The molecule has 0 radical (unpaired) electrons. The van der Waals surface area contributed by atoms with Crippen molar-refractivity contribution in [1.82, 2.24) is 5.32 Å². The van der Waals surface area contributed by atoms with E-state index in [1.54, 1.807) is 0 Å². The summed E-state index contributed by atoms with van der Waals surface area (Å²) in [5.41, 5.74) is 1.62. The molecule has 0 atom stereocenters. The Hall–Kier alpha value is -1.97. The molecule has 4 nitrogen and oxygen atoms in total. The molecule has 1 fully saturated rings. The summed E-state index contributed by atoms with van der Waals surface area (Å²) < 4.78 is 9.81. The Balaban J connectivity index is 1.90. The number of rotatable bonds is 4. The van der Waals surface area contributed by atoms with Crippen molar-refractivity contribution in [3.05, 3.63) is 48.2 Å². The second-order valence-electron chi connectivity index (χ2n) is 4.71. The molecule has 96 valence electrons. The molecule has 1 aliphatic heterocycles. The monoisotopic (exact) mass is 247 g/mol.